The number of benzene rings is 1. The summed E-state index contributed by atoms with van der Waals surface area (Å²) >= 11 is 1.03. The molecule has 0 unspecified atom stereocenters. The molecule has 1 saturated heterocycles. The van der Waals surface area contributed by atoms with E-state index in [0.29, 0.717) is 17.8 Å². The summed E-state index contributed by atoms with van der Waals surface area (Å²) in [5.41, 5.74) is -0.752. The molecular weight excluding hydrogens is 520 g/mol. The monoisotopic (exact) mass is 537 g/mol. The Morgan fingerprint density at radius 3 is 2.61 bits per heavy atom. The van der Waals surface area contributed by atoms with Gasteiger partial charge in [-0.15, -0.1) is 18.3 Å². The first-order valence-electron chi connectivity index (χ1n) is 10.4. The second-order valence-corrected chi connectivity index (χ2v) is 8.55. The van der Waals surface area contributed by atoms with Gasteiger partial charge in [-0.1, -0.05) is 16.4 Å². The lowest BCUT2D eigenvalue weighted by Gasteiger charge is -2.28. The Balaban J connectivity index is 1.27. The van der Waals surface area contributed by atoms with E-state index in [4.69, 9.17) is 9.47 Å². The van der Waals surface area contributed by atoms with Crippen molar-refractivity contribution in [2.75, 3.05) is 19.8 Å². The molecule has 0 radical (unpaired) electrons. The Morgan fingerprint density at radius 1 is 1.11 bits per heavy atom. The maximum absolute atomic E-state index is 12.8. The molecule has 1 aliphatic rings. The van der Waals surface area contributed by atoms with Crippen molar-refractivity contribution in [2.45, 2.75) is 37.5 Å². The van der Waals surface area contributed by atoms with E-state index < -0.39 is 36.7 Å². The smallest absolute Gasteiger partial charge is 0.466 e. The van der Waals surface area contributed by atoms with Gasteiger partial charge >= 0.3 is 12.5 Å². The van der Waals surface area contributed by atoms with Gasteiger partial charge in [0.15, 0.2) is 0 Å². The van der Waals surface area contributed by atoms with E-state index in [2.05, 4.69) is 30.2 Å². The lowest BCUT2D eigenvalue weighted by Crippen LogP contribution is -2.41. The number of rotatable bonds is 7. The third-order valence-electron chi connectivity index (χ3n) is 4.99. The molecule has 1 aromatic carbocycles. The fraction of sp³-hybridized carbons (Fsp3) is 0.450. The van der Waals surface area contributed by atoms with Crippen molar-refractivity contribution < 1.29 is 45.3 Å². The highest BCUT2D eigenvalue weighted by Gasteiger charge is 2.31. The molecule has 9 nitrogen and oxygen atoms in total. The zero-order valence-electron chi connectivity index (χ0n) is 18.1. The molecule has 194 valence electrons. The molecule has 2 atom stereocenters. The van der Waals surface area contributed by atoms with Crippen LogP contribution in [0.4, 0.5) is 26.3 Å². The van der Waals surface area contributed by atoms with Crippen LogP contribution in [-0.2, 0) is 15.7 Å². The van der Waals surface area contributed by atoms with Crippen LogP contribution in [0.5, 0.6) is 5.19 Å². The fourth-order valence-corrected chi connectivity index (χ4v) is 4.11. The van der Waals surface area contributed by atoms with Crippen LogP contribution in [0.2, 0.25) is 0 Å². The van der Waals surface area contributed by atoms with E-state index in [0.717, 1.165) is 35.7 Å². The Labute approximate surface area is 202 Å². The molecule has 3 heterocycles. The molecule has 1 aliphatic heterocycles. The van der Waals surface area contributed by atoms with Gasteiger partial charge in [0.25, 0.3) is 11.1 Å². The molecule has 36 heavy (non-hydrogen) atoms. The Bertz CT molecular complexity index is 1210. The summed E-state index contributed by atoms with van der Waals surface area (Å²) in [5, 5.41) is 11.0. The molecule has 1 N–H and O–H groups in total. The normalized spacial score (nSPS) is 18.8. The number of nitrogens with one attached hydrogen (secondary N) is 1. The fourth-order valence-electron chi connectivity index (χ4n) is 3.31. The van der Waals surface area contributed by atoms with Gasteiger partial charge in [-0.25, -0.2) is 4.98 Å². The first kappa shape index (κ1) is 26.0. The summed E-state index contributed by atoms with van der Waals surface area (Å²) in [6.07, 6.45) is -7.59. The van der Waals surface area contributed by atoms with E-state index in [9.17, 15) is 31.1 Å². The predicted octanol–water partition coefficient (Wildman–Crippen LogP) is 4.07. The summed E-state index contributed by atoms with van der Waals surface area (Å²) in [5.74, 6) is -0.552. The van der Waals surface area contributed by atoms with Gasteiger partial charge in [-0.05, 0) is 31.0 Å². The number of alkyl halides is 6. The van der Waals surface area contributed by atoms with E-state index in [-0.39, 0.29) is 41.2 Å². The van der Waals surface area contributed by atoms with Crippen LogP contribution >= 0.6 is 11.3 Å². The Morgan fingerprint density at radius 2 is 1.92 bits per heavy atom. The lowest BCUT2D eigenvalue weighted by atomic mass is 10.1. The van der Waals surface area contributed by atoms with Crippen LogP contribution < -0.4 is 10.1 Å². The average Bonchev–Trinajstić information content (AvgIpc) is 3.29. The second kappa shape index (κ2) is 10.5. The number of amides is 1. The van der Waals surface area contributed by atoms with E-state index in [1.165, 1.54) is 0 Å². The number of hydrogen-bond donors (Lipinski definition) is 1. The first-order chi connectivity index (χ1) is 17.0. The third-order valence-corrected chi connectivity index (χ3v) is 5.91. The lowest BCUT2D eigenvalue weighted by molar-refractivity contribution is -0.325. The number of halogens is 6. The minimum Gasteiger partial charge on any atom is -0.466 e. The number of aromatic nitrogens is 4. The largest absolute Gasteiger partial charge is 0.522 e. The first-order valence-corrected chi connectivity index (χ1v) is 11.2. The summed E-state index contributed by atoms with van der Waals surface area (Å²) in [4.78, 5) is 20.6. The van der Waals surface area contributed by atoms with Crippen molar-refractivity contribution in [3.8, 4) is 5.19 Å². The predicted molar refractivity (Wildman–Crippen MR) is 111 cm³/mol. The number of fused-ring (bicyclic) bond motifs is 1. The van der Waals surface area contributed by atoms with E-state index >= 15 is 0 Å². The number of carbonyl (C=O) groups excluding carboxylic acids is 1. The van der Waals surface area contributed by atoms with Crippen LogP contribution in [0, 0.1) is 0 Å². The van der Waals surface area contributed by atoms with Crippen molar-refractivity contribution in [3.05, 3.63) is 40.7 Å². The molecule has 0 saturated carbocycles. The van der Waals surface area contributed by atoms with Crippen LogP contribution in [0.1, 0.15) is 40.0 Å². The third kappa shape index (κ3) is 6.76. The summed E-state index contributed by atoms with van der Waals surface area (Å²) < 4.78 is 88.8. The number of ether oxygens (including phenoxy) is 3. The van der Waals surface area contributed by atoms with Crippen LogP contribution in [0.15, 0.2) is 24.4 Å². The standard InChI is InChI=1S/C20H17F6N5O4S/c21-19(22,23)10-1-3-12-13(7-10)27-8-14(29-12)16(32)28-11-2-4-15(34-9-11)17-30-31-18(36-17)33-5-6-35-20(24,25)26/h1,3,7-8,11,15H,2,4-6,9H2,(H,28,32)/t11-,15+/m1/s1. The summed E-state index contributed by atoms with van der Waals surface area (Å²) in [6, 6.07) is 2.52. The number of carbonyl (C=O) groups is 1. The molecule has 1 amide bonds. The van der Waals surface area contributed by atoms with Crippen molar-refractivity contribution in [1.82, 2.24) is 25.5 Å². The number of nitrogens with zero attached hydrogens (tertiary/aromatic N) is 4. The SMILES string of the molecule is O=C(N[C@@H]1CC[C@@H](c2nnc(OCCOC(F)(F)F)s2)OC1)c1cnc2cc(C(F)(F)F)ccc2n1. The molecule has 0 spiro atoms. The molecule has 3 aromatic rings. The Hall–Kier alpha value is -3.11. The molecule has 16 heteroatoms. The summed E-state index contributed by atoms with van der Waals surface area (Å²) in [6.45, 7) is -0.896. The van der Waals surface area contributed by atoms with Crippen molar-refractivity contribution in [3.63, 3.8) is 0 Å². The van der Waals surface area contributed by atoms with Crippen LogP contribution in [-0.4, -0.2) is 58.3 Å². The van der Waals surface area contributed by atoms with Gasteiger partial charge in [-0.2, -0.15) is 13.2 Å². The minimum absolute atomic E-state index is 0.0125. The topological polar surface area (TPSA) is 108 Å². The molecule has 0 aliphatic carbocycles. The average molecular weight is 537 g/mol. The maximum Gasteiger partial charge on any atom is 0.522 e. The van der Waals surface area contributed by atoms with Crippen molar-refractivity contribution in [2.24, 2.45) is 0 Å². The zero-order chi connectivity index (χ0) is 25.9. The Kier molecular flexibility index (Phi) is 7.56. The highest BCUT2D eigenvalue weighted by Crippen LogP contribution is 2.33. The highest BCUT2D eigenvalue weighted by atomic mass is 32.1. The van der Waals surface area contributed by atoms with Crippen LogP contribution in [0.25, 0.3) is 11.0 Å². The van der Waals surface area contributed by atoms with Crippen molar-refractivity contribution in [1.29, 1.82) is 0 Å². The molecular formula is C20H17F6N5O4S. The van der Waals surface area contributed by atoms with Crippen LogP contribution in [0.3, 0.4) is 0 Å². The molecule has 1 fully saturated rings. The van der Waals surface area contributed by atoms with Gasteiger partial charge in [0, 0.05) is 0 Å². The zero-order valence-corrected chi connectivity index (χ0v) is 18.9. The van der Waals surface area contributed by atoms with Gasteiger partial charge < -0.3 is 14.8 Å². The van der Waals surface area contributed by atoms with Gasteiger partial charge in [0.2, 0.25) is 0 Å². The minimum atomic E-state index is -4.74. The second-order valence-electron chi connectivity index (χ2n) is 7.58. The molecule has 4 rings (SSSR count). The highest BCUT2D eigenvalue weighted by molar-refractivity contribution is 7.13. The van der Waals surface area contributed by atoms with Gasteiger partial charge in [-0.3, -0.25) is 14.5 Å². The quantitative estimate of drug-likeness (QED) is 0.355. The molecule has 0 bridgehead atoms. The maximum atomic E-state index is 12.8. The summed E-state index contributed by atoms with van der Waals surface area (Å²) in [7, 11) is 0. The van der Waals surface area contributed by atoms with Crippen molar-refractivity contribution >= 4 is 28.3 Å². The number of hydrogen-bond acceptors (Lipinski definition) is 9. The van der Waals surface area contributed by atoms with E-state index in [1.54, 1.807) is 0 Å². The van der Waals surface area contributed by atoms with Gasteiger partial charge in [0.1, 0.15) is 23.4 Å². The van der Waals surface area contributed by atoms with E-state index in [1.807, 2.05) is 0 Å². The van der Waals surface area contributed by atoms with Gasteiger partial charge in [0.05, 0.1) is 42.0 Å². The molecule has 2 aromatic heterocycles.